The van der Waals surface area contributed by atoms with E-state index in [1.54, 1.807) is 0 Å². The Bertz CT molecular complexity index is 238. The van der Waals surface area contributed by atoms with Crippen LogP contribution in [0.5, 0.6) is 0 Å². The van der Waals surface area contributed by atoms with Crippen LogP contribution in [0.4, 0.5) is 0 Å². The maximum absolute atomic E-state index is 4.30. The predicted octanol–water partition coefficient (Wildman–Crippen LogP) is 1.87. The first-order chi connectivity index (χ1) is 5.38. The van der Waals surface area contributed by atoms with Gasteiger partial charge in [-0.15, -0.1) is 0 Å². The van der Waals surface area contributed by atoms with Crippen molar-refractivity contribution in [3.8, 4) is 0 Å². The smallest absolute Gasteiger partial charge is 0.0620 e. The van der Waals surface area contributed by atoms with E-state index < -0.39 is 0 Å². The summed E-state index contributed by atoms with van der Waals surface area (Å²) in [6.45, 7) is 2.12. The SMILES string of the molecule is Cc1ccnn1C1CCSC1. The van der Waals surface area contributed by atoms with E-state index in [2.05, 4.69) is 22.8 Å². The number of hydrogen-bond donors (Lipinski definition) is 0. The molecule has 0 aromatic carbocycles. The zero-order valence-corrected chi connectivity index (χ0v) is 7.47. The van der Waals surface area contributed by atoms with Gasteiger partial charge in [0.15, 0.2) is 0 Å². The molecule has 1 atom stereocenters. The first-order valence-corrected chi connectivity index (χ1v) is 5.11. The van der Waals surface area contributed by atoms with Gasteiger partial charge in [0.1, 0.15) is 0 Å². The highest BCUT2D eigenvalue weighted by Crippen LogP contribution is 2.27. The van der Waals surface area contributed by atoms with Crippen molar-refractivity contribution < 1.29 is 0 Å². The van der Waals surface area contributed by atoms with Crippen molar-refractivity contribution in [1.82, 2.24) is 9.78 Å². The third-order valence-corrected chi connectivity index (χ3v) is 3.26. The molecule has 1 aliphatic heterocycles. The molecule has 0 saturated carbocycles. The standard InChI is InChI=1S/C8H12N2S/c1-7-2-4-9-10(7)8-3-5-11-6-8/h2,4,8H,3,5-6H2,1H3. The molecule has 1 fully saturated rings. The lowest BCUT2D eigenvalue weighted by Gasteiger charge is -2.10. The molecule has 1 aliphatic rings. The summed E-state index contributed by atoms with van der Waals surface area (Å²) in [6.07, 6.45) is 3.17. The average Bonchev–Trinajstić information content (AvgIpc) is 2.55. The van der Waals surface area contributed by atoms with Gasteiger partial charge >= 0.3 is 0 Å². The van der Waals surface area contributed by atoms with E-state index in [4.69, 9.17) is 0 Å². The molecule has 0 spiro atoms. The fourth-order valence-corrected chi connectivity index (χ4v) is 2.66. The van der Waals surface area contributed by atoms with E-state index in [9.17, 15) is 0 Å². The van der Waals surface area contributed by atoms with Crippen molar-refractivity contribution in [3.63, 3.8) is 0 Å². The molecule has 0 N–H and O–H groups in total. The second kappa shape index (κ2) is 2.89. The van der Waals surface area contributed by atoms with Crippen molar-refractivity contribution >= 4 is 11.8 Å². The quantitative estimate of drug-likeness (QED) is 0.637. The lowest BCUT2D eigenvalue weighted by atomic mass is 10.2. The van der Waals surface area contributed by atoms with E-state index in [-0.39, 0.29) is 0 Å². The summed E-state index contributed by atoms with van der Waals surface area (Å²) in [7, 11) is 0. The summed E-state index contributed by atoms with van der Waals surface area (Å²) in [5, 5.41) is 4.30. The molecule has 0 amide bonds. The first kappa shape index (κ1) is 7.22. The molecule has 0 bridgehead atoms. The summed E-state index contributed by atoms with van der Waals surface area (Å²) in [5.74, 6) is 2.53. The van der Waals surface area contributed by atoms with Gasteiger partial charge in [-0.25, -0.2) is 0 Å². The fourth-order valence-electron chi connectivity index (χ4n) is 1.48. The number of nitrogens with zero attached hydrogens (tertiary/aromatic N) is 2. The summed E-state index contributed by atoms with van der Waals surface area (Å²) in [5.41, 5.74) is 1.29. The van der Waals surface area contributed by atoms with Crippen LogP contribution < -0.4 is 0 Å². The Labute approximate surface area is 71.0 Å². The van der Waals surface area contributed by atoms with Crippen LogP contribution in [0.25, 0.3) is 0 Å². The van der Waals surface area contributed by atoms with E-state index in [1.807, 2.05) is 18.0 Å². The molecular formula is C8H12N2S. The Morgan fingerprint density at radius 1 is 1.73 bits per heavy atom. The van der Waals surface area contributed by atoms with Gasteiger partial charge in [-0.05, 0) is 25.2 Å². The summed E-state index contributed by atoms with van der Waals surface area (Å²) in [6, 6.07) is 2.73. The van der Waals surface area contributed by atoms with E-state index >= 15 is 0 Å². The van der Waals surface area contributed by atoms with Crippen LogP contribution in [-0.2, 0) is 0 Å². The zero-order valence-electron chi connectivity index (χ0n) is 6.66. The number of rotatable bonds is 1. The highest BCUT2D eigenvalue weighted by atomic mass is 32.2. The Morgan fingerprint density at radius 2 is 2.64 bits per heavy atom. The normalized spacial score (nSPS) is 24.3. The largest absolute Gasteiger partial charge is 0.266 e. The molecule has 11 heavy (non-hydrogen) atoms. The highest BCUT2D eigenvalue weighted by Gasteiger charge is 2.18. The van der Waals surface area contributed by atoms with Crippen LogP contribution in [-0.4, -0.2) is 21.3 Å². The van der Waals surface area contributed by atoms with Crippen LogP contribution in [0.2, 0.25) is 0 Å². The highest BCUT2D eigenvalue weighted by molar-refractivity contribution is 7.99. The molecule has 0 radical (unpaired) electrons. The zero-order chi connectivity index (χ0) is 7.68. The van der Waals surface area contributed by atoms with Gasteiger partial charge in [-0.3, -0.25) is 4.68 Å². The Balaban J connectivity index is 2.21. The van der Waals surface area contributed by atoms with Crippen molar-refractivity contribution in [2.24, 2.45) is 0 Å². The van der Waals surface area contributed by atoms with Gasteiger partial charge in [-0.2, -0.15) is 16.9 Å². The van der Waals surface area contributed by atoms with Crippen LogP contribution in [0.15, 0.2) is 12.3 Å². The number of aromatic nitrogens is 2. The minimum Gasteiger partial charge on any atom is -0.266 e. The summed E-state index contributed by atoms with van der Waals surface area (Å²) < 4.78 is 2.15. The first-order valence-electron chi connectivity index (χ1n) is 3.96. The van der Waals surface area contributed by atoms with Crippen LogP contribution >= 0.6 is 11.8 Å². The van der Waals surface area contributed by atoms with Crippen molar-refractivity contribution in [3.05, 3.63) is 18.0 Å². The van der Waals surface area contributed by atoms with Gasteiger partial charge < -0.3 is 0 Å². The molecule has 60 valence electrons. The average molecular weight is 168 g/mol. The van der Waals surface area contributed by atoms with Gasteiger partial charge in [0.25, 0.3) is 0 Å². The van der Waals surface area contributed by atoms with Crippen LogP contribution in [0.1, 0.15) is 18.2 Å². The molecule has 1 saturated heterocycles. The van der Waals surface area contributed by atoms with Gasteiger partial charge in [0.05, 0.1) is 6.04 Å². The van der Waals surface area contributed by atoms with Crippen LogP contribution in [0.3, 0.4) is 0 Å². The van der Waals surface area contributed by atoms with E-state index in [1.165, 1.54) is 23.6 Å². The molecule has 3 heteroatoms. The summed E-state index contributed by atoms with van der Waals surface area (Å²) >= 11 is 2.03. The maximum Gasteiger partial charge on any atom is 0.0620 e. The van der Waals surface area contributed by atoms with E-state index in [0.717, 1.165) is 0 Å². The molecule has 1 aromatic rings. The maximum atomic E-state index is 4.30. The molecule has 2 nitrogen and oxygen atoms in total. The number of hydrogen-bond acceptors (Lipinski definition) is 2. The Kier molecular flexibility index (Phi) is 1.90. The van der Waals surface area contributed by atoms with Crippen molar-refractivity contribution in [1.29, 1.82) is 0 Å². The number of aryl methyl sites for hydroxylation is 1. The third-order valence-electron chi connectivity index (χ3n) is 2.12. The predicted molar refractivity (Wildman–Crippen MR) is 47.9 cm³/mol. The molecule has 2 rings (SSSR count). The minimum absolute atomic E-state index is 0.662. The third kappa shape index (κ3) is 1.29. The summed E-state index contributed by atoms with van der Waals surface area (Å²) in [4.78, 5) is 0. The lowest BCUT2D eigenvalue weighted by Crippen LogP contribution is -2.10. The Morgan fingerprint density at radius 3 is 3.18 bits per heavy atom. The molecular weight excluding hydrogens is 156 g/mol. The fraction of sp³-hybridized carbons (Fsp3) is 0.625. The van der Waals surface area contributed by atoms with Crippen LogP contribution in [0, 0.1) is 6.92 Å². The minimum atomic E-state index is 0.662. The van der Waals surface area contributed by atoms with Gasteiger partial charge in [0, 0.05) is 17.6 Å². The molecule has 1 unspecified atom stereocenters. The second-order valence-corrected chi connectivity index (χ2v) is 4.08. The molecule has 1 aromatic heterocycles. The second-order valence-electron chi connectivity index (χ2n) is 2.93. The van der Waals surface area contributed by atoms with Gasteiger partial charge in [-0.1, -0.05) is 0 Å². The topological polar surface area (TPSA) is 17.8 Å². The molecule has 2 heterocycles. The monoisotopic (exact) mass is 168 g/mol. The lowest BCUT2D eigenvalue weighted by molar-refractivity contribution is 0.490. The van der Waals surface area contributed by atoms with Gasteiger partial charge in [0.2, 0.25) is 0 Å². The number of thioether (sulfide) groups is 1. The molecule has 0 aliphatic carbocycles. The van der Waals surface area contributed by atoms with E-state index in [0.29, 0.717) is 6.04 Å². The Hall–Kier alpha value is -0.440. The van der Waals surface area contributed by atoms with Crippen molar-refractivity contribution in [2.75, 3.05) is 11.5 Å². The van der Waals surface area contributed by atoms with Crippen molar-refractivity contribution in [2.45, 2.75) is 19.4 Å².